The van der Waals surface area contributed by atoms with Crippen LogP contribution in [-0.4, -0.2) is 16.1 Å². The van der Waals surface area contributed by atoms with E-state index in [1.54, 1.807) is 0 Å². The number of rotatable bonds is 3. The Morgan fingerprint density at radius 3 is 2.85 bits per heavy atom. The second-order valence-electron chi connectivity index (χ2n) is 3.79. The van der Waals surface area contributed by atoms with Crippen molar-refractivity contribution in [1.29, 1.82) is 5.26 Å². The first-order valence-electron chi connectivity index (χ1n) is 5.37. The summed E-state index contributed by atoms with van der Waals surface area (Å²) in [5, 5.41) is 20.8. The van der Waals surface area contributed by atoms with Crippen molar-refractivity contribution in [2.24, 2.45) is 0 Å². The van der Waals surface area contributed by atoms with Crippen LogP contribution in [0.4, 0.5) is 15.9 Å². The number of halogens is 2. The zero-order chi connectivity index (χ0) is 14.7. The Kier molecular flexibility index (Phi) is 3.82. The molecule has 1 aromatic carbocycles. The van der Waals surface area contributed by atoms with Crippen molar-refractivity contribution in [3.63, 3.8) is 0 Å². The lowest BCUT2D eigenvalue weighted by molar-refractivity contribution is 0.0697. The zero-order valence-corrected chi connectivity index (χ0v) is 10.6. The number of aromatic carboxylic acids is 1. The fourth-order valence-corrected chi connectivity index (χ4v) is 1.68. The lowest BCUT2D eigenvalue weighted by Crippen LogP contribution is -2.06. The van der Waals surface area contributed by atoms with Crippen molar-refractivity contribution in [3.05, 3.63) is 52.4 Å². The van der Waals surface area contributed by atoms with Gasteiger partial charge in [0.15, 0.2) is 0 Å². The van der Waals surface area contributed by atoms with Crippen LogP contribution in [0.3, 0.4) is 0 Å². The van der Waals surface area contributed by atoms with Gasteiger partial charge in [-0.1, -0.05) is 11.6 Å². The predicted octanol–water partition coefficient (Wildman–Crippen LogP) is 3.19. The summed E-state index contributed by atoms with van der Waals surface area (Å²) in [4.78, 5) is 14.7. The van der Waals surface area contributed by atoms with Crippen LogP contribution < -0.4 is 5.32 Å². The second kappa shape index (κ2) is 5.55. The summed E-state index contributed by atoms with van der Waals surface area (Å²) in [6.07, 6.45) is 0.886. The van der Waals surface area contributed by atoms with Gasteiger partial charge in [0.1, 0.15) is 17.2 Å². The van der Waals surface area contributed by atoms with E-state index in [1.165, 1.54) is 18.2 Å². The quantitative estimate of drug-likeness (QED) is 0.907. The van der Waals surface area contributed by atoms with Crippen LogP contribution in [0.25, 0.3) is 0 Å². The molecule has 0 spiro atoms. The maximum absolute atomic E-state index is 13.0. The summed E-state index contributed by atoms with van der Waals surface area (Å²) in [5.74, 6) is -2.15. The van der Waals surface area contributed by atoms with E-state index < -0.39 is 11.8 Å². The lowest BCUT2D eigenvalue weighted by atomic mass is 10.2. The topological polar surface area (TPSA) is 86.0 Å². The van der Waals surface area contributed by atoms with E-state index in [1.807, 2.05) is 6.07 Å². The summed E-state index contributed by atoms with van der Waals surface area (Å²) in [6, 6.07) is 7.23. The molecule has 1 heterocycles. The number of carboxylic acid groups (broad SMARTS) is 1. The van der Waals surface area contributed by atoms with Gasteiger partial charge in [-0.05, 0) is 24.3 Å². The lowest BCUT2D eigenvalue weighted by Gasteiger charge is -2.10. The Bertz CT molecular complexity index is 728. The van der Waals surface area contributed by atoms with Crippen molar-refractivity contribution >= 4 is 29.1 Å². The third-order valence-electron chi connectivity index (χ3n) is 2.43. The van der Waals surface area contributed by atoms with Gasteiger partial charge < -0.3 is 10.4 Å². The van der Waals surface area contributed by atoms with Crippen molar-refractivity contribution < 1.29 is 14.3 Å². The Hall–Kier alpha value is -2.65. The minimum absolute atomic E-state index is 0.0594. The number of benzene rings is 1. The van der Waals surface area contributed by atoms with Crippen LogP contribution in [0.15, 0.2) is 30.5 Å². The third kappa shape index (κ3) is 2.84. The zero-order valence-electron chi connectivity index (χ0n) is 9.89. The van der Waals surface area contributed by atoms with Crippen LogP contribution in [0.2, 0.25) is 5.02 Å². The number of nitrogens with one attached hydrogen (secondary N) is 1. The molecule has 2 rings (SSSR count). The molecule has 0 aliphatic heterocycles. The van der Waals surface area contributed by atoms with Gasteiger partial charge in [-0.3, -0.25) is 0 Å². The van der Waals surface area contributed by atoms with E-state index in [2.05, 4.69) is 10.3 Å². The maximum Gasteiger partial charge on any atom is 0.339 e. The molecular formula is C13H7ClFN3O2. The average molecular weight is 292 g/mol. The monoisotopic (exact) mass is 291 g/mol. The summed E-state index contributed by atoms with van der Waals surface area (Å²) in [6.45, 7) is 0. The second-order valence-corrected chi connectivity index (χ2v) is 4.19. The van der Waals surface area contributed by atoms with Crippen LogP contribution >= 0.6 is 11.6 Å². The number of nitrogens with zero attached hydrogens (tertiary/aromatic N) is 2. The number of anilines is 2. The first kappa shape index (κ1) is 13.8. The molecule has 0 atom stereocenters. The molecule has 0 unspecified atom stereocenters. The van der Waals surface area contributed by atoms with Crippen molar-refractivity contribution in [2.45, 2.75) is 0 Å². The van der Waals surface area contributed by atoms with Gasteiger partial charge in [-0.15, -0.1) is 0 Å². The van der Waals surface area contributed by atoms with E-state index in [-0.39, 0.29) is 16.4 Å². The highest BCUT2D eigenvalue weighted by Gasteiger charge is 2.14. The Morgan fingerprint density at radius 2 is 2.20 bits per heavy atom. The molecule has 2 N–H and O–H groups in total. The molecular weight excluding hydrogens is 285 g/mol. The van der Waals surface area contributed by atoms with Gasteiger partial charge >= 0.3 is 5.97 Å². The average Bonchev–Trinajstić information content (AvgIpc) is 2.42. The first-order chi connectivity index (χ1) is 9.51. The van der Waals surface area contributed by atoms with Crippen molar-refractivity contribution in [2.75, 3.05) is 5.32 Å². The standard InChI is InChI=1S/C13H7ClFN3O2/c14-10-2-1-7(5-16)3-11(10)18-12-9(13(19)20)4-8(15)6-17-12/h1-4,6H,(H,17,18)(H,19,20). The Balaban J connectivity index is 2.45. The number of carboxylic acids is 1. The van der Waals surface area contributed by atoms with E-state index in [9.17, 15) is 9.18 Å². The molecule has 0 aliphatic rings. The molecule has 0 fully saturated rings. The van der Waals surface area contributed by atoms with Crippen LogP contribution in [0.5, 0.6) is 0 Å². The number of hydrogen-bond donors (Lipinski definition) is 2. The highest BCUT2D eigenvalue weighted by molar-refractivity contribution is 6.33. The molecule has 1 aromatic heterocycles. The number of pyridine rings is 1. The van der Waals surface area contributed by atoms with Gasteiger partial charge in [-0.25, -0.2) is 14.2 Å². The summed E-state index contributed by atoms with van der Waals surface area (Å²) < 4.78 is 13.0. The first-order valence-corrected chi connectivity index (χ1v) is 5.74. The van der Waals surface area contributed by atoms with E-state index in [0.717, 1.165) is 12.3 Å². The fraction of sp³-hybridized carbons (Fsp3) is 0. The molecule has 20 heavy (non-hydrogen) atoms. The summed E-state index contributed by atoms with van der Waals surface area (Å²) >= 11 is 5.95. The highest BCUT2D eigenvalue weighted by atomic mass is 35.5. The number of hydrogen-bond acceptors (Lipinski definition) is 4. The molecule has 0 saturated carbocycles. The molecule has 5 nitrogen and oxygen atoms in total. The molecule has 0 radical (unpaired) electrons. The summed E-state index contributed by atoms with van der Waals surface area (Å²) in [7, 11) is 0. The smallest absolute Gasteiger partial charge is 0.339 e. The minimum Gasteiger partial charge on any atom is -0.478 e. The van der Waals surface area contributed by atoms with Gasteiger partial charge in [0.05, 0.1) is 28.5 Å². The maximum atomic E-state index is 13.0. The number of carbonyl (C=O) groups is 1. The molecule has 0 aliphatic carbocycles. The molecule has 7 heteroatoms. The third-order valence-corrected chi connectivity index (χ3v) is 2.76. The van der Waals surface area contributed by atoms with Crippen LogP contribution in [-0.2, 0) is 0 Å². The summed E-state index contributed by atoms with van der Waals surface area (Å²) in [5.41, 5.74) is 0.326. The van der Waals surface area contributed by atoms with Gasteiger partial charge in [0.2, 0.25) is 0 Å². The normalized spacial score (nSPS) is 9.85. The Morgan fingerprint density at radius 1 is 1.45 bits per heavy atom. The highest BCUT2D eigenvalue weighted by Crippen LogP contribution is 2.27. The van der Waals surface area contributed by atoms with Crippen molar-refractivity contribution in [1.82, 2.24) is 4.98 Å². The van der Waals surface area contributed by atoms with Gasteiger partial charge in [0, 0.05) is 0 Å². The predicted molar refractivity (Wildman–Crippen MR) is 70.6 cm³/mol. The molecule has 100 valence electrons. The number of nitriles is 1. The van der Waals surface area contributed by atoms with Gasteiger partial charge in [0.25, 0.3) is 0 Å². The fourth-order valence-electron chi connectivity index (χ4n) is 1.52. The number of aromatic nitrogens is 1. The SMILES string of the molecule is N#Cc1ccc(Cl)c(Nc2ncc(F)cc2C(=O)O)c1. The minimum atomic E-state index is -1.33. The van der Waals surface area contributed by atoms with Crippen LogP contribution in [0, 0.1) is 17.1 Å². The van der Waals surface area contributed by atoms with E-state index in [0.29, 0.717) is 11.3 Å². The largest absolute Gasteiger partial charge is 0.478 e. The van der Waals surface area contributed by atoms with Crippen molar-refractivity contribution in [3.8, 4) is 6.07 Å². The van der Waals surface area contributed by atoms with Gasteiger partial charge in [-0.2, -0.15) is 5.26 Å². The van der Waals surface area contributed by atoms with E-state index >= 15 is 0 Å². The Labute approximate surface area is 118 Å². The van der Waals surface area contributed by atoms with E-state index in [4.69, 9.17) is 22.0 Å². The molecule has 2 aromatic rings. The molecule has 0 amide bonds. The van der Waals surface area contributed by atoms with Crippen LogP contribution in [0.1, 0.15) is 15.9 Å². The molecule has 0 bridgehead atoms. The molecule has 0 saturated heterocycles.